The Kier molecular flexibility index (Phi) is 5.45. The average Bonchev–Trinajstić information content (AvgIpc) is 2.99. The average molecular weight is 313 g/mol. The van der Waals surface area contributed by atoms with Crippen LogP contribution < -0.4 is 11.1 Å². The van der Waals surface area contributed by atoms with Crippen molar-refractivity contribution in [3.8, 4) is 0 Å². The SMILES string of the molecule is C=CCN(/N=C(/N)n1cnnc1C)C(=O)NCc1ccccc1. The standard InChI is InChI=1S/C15H19N7O/c1-3-9-22(20-14(16)21-11-18-19-12(21)2)15(23)17-10-13-7-5-4-6-8-13/h3-8,11H,1,9-10H2,2H3,(H2,16,20)(H,17,23). The Balaban J connectivity index is 2.06. The molecule has 0 atom stereocenters. The zero-order chi connectivity index (χ0) is 16.7. The Morgan fingerprint density at radius 1 is 1.48 bits per heavy atom. The van der Waals surface area contributed by atoms with Gasteiger partial charge in [-0.3, -0.25) is 4.57 Å². The molecule has 2 aromatic rings. The van der Waals surface area contributed by atoms with Crippen LogP contribution in [0.5, 0.6) is 0 Å². The second-order valence-corrected chi connectivity index (χ2v) is 4.72. The van der Waals surface area contributed by atoms with Gasteiger partial charge in [0.1, 0.15) is 12.2 Å². The molecule has 1 heterocycles. The van der Waals surface area contributed by atoms with Gasteiger partial charge in [-0.25, -0.2) is 9.80 Å². The summed E-state index contributed by atoms with van der Waals surface area (Å²) in [5, 5.41) is 15.6. The molecule has 0 aliphatic rings. The molecule has 0 bridgehead atoms. The number of amides is 2. The molecule has 2 rings (SSSR count). The molecule has 3 N–H and O–H groups in total. The third kappa shape index (κ3) is 4.40. The highest BCUT2D eigenvalue weighted by molar-refractivity contribution is 5.83. The van der Waals surface area contributed by atoms with Gasteiger partial charge in [0.05, 0.1) is 6.54 Å². The van der Waals surface area contributed by atoms with Crippen LogP contribution in [0.4, 0.5) is 4.79 Å². The molecule has 2 amide bonds. The number of carbonyl (C=O) groups is 1. The number of aryl methyl sites for hydroxylation is 1. The maximum Gasteiger partial charge on any atom is 0.338 e. The summed E-state index contributed by atoms with van der Waals surface area (Å²) < 4.78 is 1.49. The predicted molar refractivity (Wildman–Crippen MR) is 87.4 cm³/mol. The Morgan fingerprint density at radius 3 is 2.83 bits per heavy atom. The summed E-state index contributed by atoms with van der Waals surface area (Å²) in [4.78, 5) is 12.3. The van der Waals surface area contributed by atoms with Gasteiger partial charge in [-0.15, -0.1) is 21.9 Å². The van der Waals surface area contributed by atoms with Crippen LogP contribution in [0.25, 0.3) is 0 Å². The van der Waals surface area contributed by atoms with Gasteiger partial charge in [-0.05, 0) is 12.5 Å². The lowest BCUT2D eigenvalue weighted by atomic mass is 10.2. The molecule has 120 valence electrons. The van der Waals surface area contributed by atoms with Crippen molar-refractivity contribution in [1.82, 2.24) is 25.1 Å². The first kappa shape index (κ1) is 16.2. The van der Waals surface area contributed by atoms with Crippen molar-refractivity contribution in [3.05, 3.63) is 60.7 Å². The number of nitrogens with zero attached hydrogens (tertiary/aromatic N) is 5. The van der Waals surface area contributed by atoms with Gasteiger partial charge in [0.15, 0.2) is 0 Å². The monoisotopic (exact) mass is 313 g/mol. The number of nitrogens with one attached hydrogen (secondary N) is 1. The fourth-order valence-corrected chi connectivity index (χ4v) is 1.85. The number of rotatable bonds is 5. The summed E-state index contributed by atoms with van der Waals surface area (Å²) in [5.74, 6) is 0.679. The predicted octanol–water partition coefficient (Wildman–Crippen LogP) is 1.06. The van der Waals surface area contributed by atoms with Crippen LogP contribution in [0.2, 0.25) is 0 Å². The third-order valence-electron chi connectivity index (χ3n) is 3.01. The maximum absolute atomic E-state index is 12.3. The number of nitrogens with two attached hydrogens (primary N) is 1. The van der Waals surface area contributed by atoms with Crippen molar-refractivity contribution in [1.29, 1.82) is 0 Å². The minimum absolute atomic E-state index is 0.101. The van der Waals surface area contributed by atoms with Gasteiger partial charge in [-0.2, -0.15) is 0 Å². The first-order chi connectivity index (χ1) is 11.1. The van der Waals surface area contributed by atoms with Crippen molar-refractivity contribution in [2.45, 2.75) is 13.5 Å². The van der Waals surface area contributed by atoms with E-state index in [4.69, 9.17) is 5.73 Å². The molecule has 8 nitrogen and oxygen atoms in total. The largest absolute Gasteiger partial charge is 0.368 e. The zero-order valence-electron chi connectivity index (χ0n) is 12.9. The fraction of sp³-hybridized carbons (Fsp3) is 0.200. The minimum Gasteiger partial charge on any atom is -0.368 e. The van der Waals surface area contributed by atoms with E-state index >= 15 is 0 Å². The molecule has 0 aliphatic carbocycles. The van der Waals surface area contributed by atoms with Crippen molar-refractivity contribution >= 4 is 12.0 Å². The lowest BCUT2D eigenvalue weighted by Crippen LogP contribution is -2.39. The lowest BCUT2D eigenvalue weighted by Gasteiger charge is -2.17. The van der Waals surface area contributed by atoms with Crippen molar-refractivity contribution in [3.63, 3.8) is 0 Å². The maximum atomic E-state index is 12.3. The van der Waals surface area contributed by atoms with Gasteiger partial charge >= 0.3 is 6.03 Å². The van der Waals surface area contributed by atoms with E-state index in [9.17, 15) is 4.79 Å². The molecular formula is C15H19N7O. The summed E-state index contributed by atoms with van der Waals surface area (Å²) in [6.07, 6.45) is 3.00. The number of hydrazone groups is 1. The van der Waals surface area contributed by atoms with Gasteiger partial charge in [0, 0.05) is 6.54 Å². The number of hydrogen-bond donors (Lipinski definition) is 2. The normalized spacial score (nSPS) is 11.1. The van der Waals surface area contributed by atoms with Crippen molar-refractivity contribution < 1.29 is 4.79 Å². The highest BCUT2D eigenvalue weighted by Gasteiger charge is 2.13. The molecule has 8 heteroatoms. The summed E-state index contributed by atoms with van der Waals surface area (Å²) in [6.45, 7) is 5.99. The number of aromatic nitrogens is 3. The van der Waals surface area contributed by atoms with Crippen LogP contribution in [0.15, 0.2) is 54.4 Å². The molecule has 0 aliphatic heterocycles. The molecule has 0 fully saturated rings. The van der Waals surface area contributed by atoms with Crippen LogP contribution in [0.3, 0.4) is 0 Å². The number of carbonyl (C=O) groups excluding carboxylic acids is 1. The van der Waals surface area contributed by atoms with Crippen LogP contribution in [0.1, 0.15) is 11.4 Å². The van der Waals surface area contributed by atoms with Crippen molar-refractivity contribution in [2.24, 2.45) is 10.8 Å². The van der Waals surface area contributed by atoms with E-state index in [1.165, 1.54) is 15.9 Å². The topological polar surface area (TPSA) is 101 Å². The van der Waals surface area contributed by atoms with E-state index in [0.29, 0.717) is 12.4 Å². The smallest absolute Gasteiger partial charge is 0.338 e. The number of urea groups is 1. The van der Waals surface area contributed by atoms with E-state index in [2.05, 4.69) is 27.2 Å². The molecule has 0 saturated carbocycles. The Morgan fingerprint density at radius 2 is 2.22 bits per heavy atom. The van der Waals surface area contributed by atoms with E-state index in [1.807, 2.05) is 30.3 Å². The van der Waals surface area contributed by atoms with Crippen molar-refractivity contribution in [2.75, 3.05) is 6.54 Å². The summed E-state index contributed by atoms with van der Waals surface area (Å²) in [5.41, 5.74) is 6.89. The highest BCUT2D eigenvalue weighted by atomic mass is 16.2. The molecular weight excluding hydrogens is 294 g/mol. The molecule has 23 heavy (non-hydrogen) atoms. The molecule has 0 saturated heterocycles. The summed E-state index contributed by atoms with van der Waals surface area (Å²) >= 11 is 0. The molecule has 0 unspecified atom stereocenters. The van der Waals surface area contributed by atoms with Crippen LogP contribution in [-0.2, 0) is 6.54 Å². The minimum atomic E-state index is -0.373. The summed E-state index contributed by atoms with van der Waals surface area (Å²) in [7, 11) is 0. The Labute approximate surface area is 134 Å². The van der Waals surface area contributed by atoms with Crippen LogP contribution in [0, 0.1) is 6.92 Å². The molecule has 1 aromatic heterocycles. The fourth-order valence-electron chi connectivity index (χ4n) is 1.85. The second kappa shape index (κ2) is 7.74. The molecule has 1 aromatic carbocycles. The third-order valence-corrected chi connectivity index (χ3v) is 3.01. The number of benzene rings is 1. The molecule has 0 radical (unpaired) electrons. The Bertz CT molecular complexity index is 693. The second-order valence-electron chi connectivity index (χ2n) is 4.72. The van der Waals surface area contributed by atoms with Gasteiger partial charge in [0.2, 0.25) is 5.96 Å². The quantitative estimate of drug-likeness (QED) is 0.373. The van der Waals surface area contributed by atoms with Gasteiger partial charge in [0.25, 0.3) is 0 Å². The van der Waals surface area contributed by atoms with Crippen LogP contribution in [-0.4, -0.2) is 38.3 Å². The van der Waals surface area contributed by atoms with E-state index in [-0.39, 0.29) is 18.5 Å². The lowest BCUT2D eigenvalue weighted by molar-refractivity contribution is 0.204. The van der Waals surface area contributed by atoms with Gasteiger partial charge < -0.3 is 11.1 Å². The highest BCUT2D eigenvalue weighted by Crippen LogP contribution is 2.00. The number of hydrogen-bond acceptors (Lipinski definition) is 4. The van der Waals surface area contributed by atoms with E-state index in [0.717, 1.165) is 5.56 Å². The van der Waals surface area contributed by atoms with Crippen LogP contribution >= 0.6 is 0 Å². The first-order valence-electron chi connectivity index (χ1n) is 7.03. The first-order valence-corrected chi connectivity index (χ1v) is 7.03. The molecule has 0 spiro atoms. The van der Waals surface area contributed by atoms with E-state index < -0.39 is 0 Å². The Hall–Kier alpha value is -3.16. The zero-order valence-corrected chi connectivity index (χ0v) is 12.9. The van der Waals surface area contributed by atoms with E-state index in [1.54, 1.807) is 13.0 Å². The van der Waals surface area contributed by atoms with Gasteiger partial charge in [-0.1, -0.05) is 36.4 Å². The summed E-state index contributed by atoms with van der Waals surface area (Å²) in [6, 6.07) is 9.22.